The Bertz CT molecular complexity index is 556. The molecule has 0 aromatic heterocycles. The van der Waals surface area contributed by atoms with E-state index in [4.69, 9.17) is 5.53 Å². The minimum Gasteiger partial charge on any atom is -0.390 e. The molecule has 20 heavy (non-hydrogen) atoms. The molecule has 0 fully saturated rings. The third-order valence-corrected chi connectivity index (χ3v) is 2.60. The summed E-state index contributed by atoms with van der Waals surface area (Å²) in [5.41, 5.74) is 7.82. The van der Waals surface area contributed by atoms with Gasteiger partial charge in [0, 0.05) is 29.2 Å². The molecule has 2 N–H and O–H groups in total. The lowest BCUT2D eigenvalue weighted by molar-refractivity contribution is -0.385. The molecule has 0 heterocycles. The van der Waals surface area contributed by atoms with Crippen molar-refractivity contribution in [1.29, 1.82) is 0 Å². The van der Waals surface area contributed by atoms with E-state index in [9.17, 15) is 25.1 Å². The highest BCUT2D eigenvalue weighted by molar-refractivity contribution is 5.76. The smallest absolute Gasteiger partial charge is 0.270 e. The Morgan fingerprint density at radius 1 is 1.45 bits per heavy atom. The molecule has 0 aliphatic carbocycles. The van der Waals surface area contributed by atoms with Gasteiger partial charge in [0.1, 0.15) is 12.4 Å². The molecule has 9 nitrogen and oxygen atoms in total. The maximum Gasteiger partial charge on any atom is 0.270 e. The van der Waals surface area contributed by atoms with Crippen molar-refractivity contribution in [2.45, 2.75) is 18.6 Å². The molecule has 0 saturated heterocycles. The number of carbonyl (C=O) groups excluding carboxylic acids is 1. The van der Waals surface area contributed by atoms with E-state index in [1.54, 1.807) is 0 Å². The van der Waals surface area contributed by atoms with Crippen LogP contribution in [0, 0.1) is 10.1 Å². The molecule has 0 bridgehead atoms. The Morgan fingerprint density at radius 3 is 2.70 bits per heavy atom. The molecule has 0 aliphatic rings. The van der Waals surface area contributed by atoms with Crippen molar-refractivity contribution >= 4 is 12.0 Å². The molecule has 0 saturated carbocycles. The highest BCUT2D eigenvalue weighted by Gasteiger charge is 2.21. The van der Waals surface area contributed by atoms with E-state index < -0.39 is 17.1 Å². The third-order valence-electron chi connectivity index (χ3n) is 2.60. The summed E-state index contributed by atoms with van der Waals surface area (Å²) >= 11 is 0. The third kappa shape index (κ3) is 4.02. The van der Waals surface area contributed by atoms with Crippen LogP contribution in [0.25, 0.3) is 10.4 Å². The van der Waals surface area contributed by atoms with Crippen LogP contribution >= 0.6 is 0 Å². The summed E-state index contributed by atoms with van der Waals surface area (Å²) in [5.74, 6) is 0. The second-order valence-corrected chi connectivity index (χ2v) is 3.99. The molecule has 0 radical (unpaired) electrons. The summed E-state index contributed by atoms with van der Waals surface area (Å²) in [6, 6.07) is 3.39. The van der Waals surface area contributed by atoms with Crippen LogP contribution in [-0.4, -0.2) is 34.1 Å². The van der Waals surface area contributed by atoms with Gasteiger partial charge in [-0.2, -0.15) is 0 Å². The molecule has 9 heteroatoms. The van der Waals surface area contributed by atoms with Crippen LogP contribution in [0.15, 0.2) is 23.3 Å². The highest BCUT2D eigenvalue weighted by Crippen LogP contribution is 2.24. The van der Waals surface area contributed by atoms with Crippen molar-refractivity contribution in [2.24, 2.45) is 5.11 Å². The predicted molar refractivity (Wildman–Crippen MR) is 68.1 cm³/mol. The van der Waals surface area contributed by atoms with Crippen LogP contribution in [0.4, 0.5) is 5.69 Å². The lowest BCUT2D eigenvalue weighted by atomic mass is 9.99. The molecular formula is C11H12N4O5. The van der Waals surface area contributed by atoms with Gasteiger partial charge in [-0.3, -0.25) is 14.9 Å². The Labute approximate surface area is 113 Å². The number of aliphatic hydroxyl groups is 2. The predicted octanol–water partition coefficient (Wildman–Crippen LogP) is 1.50. The number of nitro groups is 1. The van der Waals surface area contributed by atoms with Gasteiger partial charge in [-0.25, -0.2) is 0 Å². The van der Waals surface area contributed by atoms with Gasteiger partial charge in [0.15, 0.2) is 0 Å². The van der Waals surface area contributed by atoms with Crippen LogP contribution in [0.1, 0.15) is 28.4 Å². The minimum absolute atomic E-state index is 0.00958. The number of hydrogen-bond acceptors (Lipinski definition) is 6. The summed E-state index contributed by atoms with van der Waals surface area (Å²) in [4.78, 5) is 23.2. The van der Waals surface area contributed by atoms with Gasteiger partial charge < -0.3 is 10.2 Å². The highest BCUT2D eigenvalue weighted by atomic mass is 16.6. The molecule has 106 valence electrons. The van der Waals surface area contributed by atoms with E-state index >= 15 is 0 Å². The molecule has 0 aliphatic heterocycles. The largest absolute Gasteiger partial charge is 0.390 e. The fraction of sp³-hybridized carbons (Fsp3) is 0.364. The van der Waals surface area contributed by atoms with Crippen molar-refractivity contribution in [3.05, 3.63) is 49.9 Å². The standard InChI is InChI=1S/C11H12N4O5/c12-14-13-2-1-10(17)11(18)8-3-7(6-16)4-9(5-8)15(19)20/h3-6,10-11,17-18H,1-2H2. The molecule has 0 spiro atoms. The van der Waals surface area contributed by atoms with Crippen LogP contribution in [0.5, 0.6) is 0 Å². The summed E-state index contributed by atoms with van der Waals surface area (Å²) in [6.45, 7) is -0.0236. The SMILES string of the molecule is [N-]=[N+]=NCCC(O)C(O)c1cc(C=O)cc([N+](=O)[O-])c1. The molecule has 2 unspecified atom stereocenters. The Kier molecular flexibility index (Phi) is 5.60. The van der Waals surface area contributed by atoms with Gasteiger partial charge in [0.25, 0.3) is 5.69 Å². The van der Waals surface area contributed by atoms with Crippen LogP contribution in [0.3, 0.4) is 0 Å². The summed E-state index contributed by atoms with van der Waals surface area (Å²) in [7, 11) is 0. The number of nitro benzene ring substituents is 1. The number of hydrogen-bond donors (Lipinski definition) is 2. The molecule has 1 aromatic carbocycles. The topological polar surface area (TPSA) is 149 Å². The molecular weight excluding hydrogens is 268 g/mol. The fourth-order valence-corrected chi connectivity index (χ4v) is 1.62. The Hall–Kier alpha value is -2.48. The quantitative estimate of drug-likeness (QED) is 0.194. The first-order valence-electron chi connectivity index (χ1n) is 5.61. The van der Waals surface area contributed by atoms with Gasteiger partial charge in [0.2, 0.25) is 0 Å². The maximum atomic E-state index is 10.7. The van der Waals surface area contributed by atoms with Crippen LogP contribution in [-0.2, 0) is 0 Å². The van der Waals surface area contributed by atoms with Gasteiger partial charge in [-0.15, -0.1) is 0 Å². The van der Waals surface area contributed by atoms with E-state index in [1.807, 2.05) is 0 Å². The van der Waals surface area contributed by atoms with Gasteiger partial charge >= 0.3 is 0 Å². The van der Waals surface area contributed by atoms with Crippen molar-refractivity contribution in [3.8, 4) is 0 Å². The number of non-ortho nitro benzene ring substituents is 1. The molecule has 1 aromatic rings. The van der Waals surface area contributed by atoms with E-state index in [-0.39, 0.29) is 29.8 Å². The second kappa shape index (κ2) is 7.19. The minimum atomic E-state index is -1.41. The second-order valence-electron chi connectivity index (χ2n) is 3.99. The zero-order valence-corrected chi connectivity index (χ0v) is 10.3. The van der Waals surface area contributed by atoms with Crippen LogP contribution < -0.4 is 0 Å². The summed E-state index contributed by atoms with van der Waals surface area (Å²) in [6.07, 6.45) is -2.27. The molecule has 1 rings (SSSR count). The first kappa shape index (κ1) is 15.6. The first-order chi connectivity index (χ1) is 9.49. The van der Waals surface area contributed by atoms with E-state index in [2.05, 4.69) is 10.0 Å². The average molecular weight is 280 g/mol. The van der Waals surface area contributed by atoms with Gasteiger partial charge in [-0.05, 0) is 23.6 Å². The molecule has 0 amide bonds. The molecule has 2 atom stereocenters. The Morgan fingerprint density at radius 2 is 2.15 bits per heavy atom. The lowest BCUT2D eigenvalue weighted by Crippen LogP contribution is -2.19. The van der Waals surface area contributed by atoms with E-state index in [1.165, 1.54) is 6.07 Å². The number of azide groups is 1. The van der Waals surface area contributed by atoms with Gasteiger partial charge in [0.05, 0.1) is 11.0 Å². The number of nitrogens with zero attached hydrogens (tertiary/aromatic N) is 4. The number of rotatable bonds is 7. The summed E-state index contributed by atoms with van der Waals surface area (Å²) in [5, 5.41) is 33.5. The van der Waals surface area contributed by atoms with E-state index in [0.717, 1.165) is 12.1 Å². The number of aldehydes is 1. The Balaban J connectivity index is 2.98. The maximum absolute atomic E-state index is 10.7. The van der Waals surface area contributed by atoms with Crippen LogP contribution in [0.2, 0.25) is 0 Å². The van der Waals surface area contributed by atoms with E-state index in [0.29, 0.717) is 6.29 Å². The number of carbonyl (C=O) groups is 1. The van der Waals surface area contributed by atoms with Crippen molar-refractivity contribution in [1.82, 2.24) is 0 Å². The average Bonchev–Trinajstić information content (AvgIpc) is 2.45. The summed E-state index contributed by atoms with van der Waals surface area (Å²) < 4.78 is 0. The number of benzene rings is 1. The number of aliphatic hydroxyl groups excluding tert-OH is 2. The zero-order valence-electron chi connectivity index (χ0n) is 10.3. The van der Waals surface area contributed by atoms with Crippen molar-refractivity contribution in [3.63, 3.8) is 0 Å². The normalized spacial score (nSPS) is 13.1. The van der Waals surface area contributed by atoms with Gasteiger partial charge in [-0.1, -0.05) is 5.11 Å². The zero-order chi connectivity index (χ0) is 15.1. The van der Waals surface area contributed by atoms with Crippen molar-refractivity contribution in [2.75, 3.05) is 6.54 Å². The lowest BCUT2D eigenvalue weighted by Gasteiger charge is -2.17. The fourth-order valence-electron chi connectivity index (χ4n) is 1.62. The monoisotopic (exact) mass is 280 g/mol. The van der Waals surface area contributed by atoms with Crippen molar-refractivity contribution < 1.29 is 19.9 Å². The first-order valence-corrected chi connectivity index (χ1v) is 5.61.